The Bertz CT molecular complexity index is 265. The Balaban J connectivity index is 2.75. The molecule has 0 aliphatic carbocycles. The van der Waals surface area contributed by atoms with Crippen LogP contribution in [0.25, 0.3) is 0 Å². The van der Waals surface area contributed by atoms with Crippen LogP contribution in [0.4, 0.5) is 0 Å². The second kappa shape index (κ2) is 5.78. The van der Waals surface area contributed by atoms with Crippen LogP contribution >= 0.6 is 0 Å². The van der Waals surface area contributed by atoms with Crippen molar-refractivity contribution in [1.82, 2.24) is 0 Å². The van der Waals surface area contributed by atoms with Gasteiger partial charge >= 0.3 is 0 Å². The van der Waals surface area contributed by atoms with Crippen molar-refractivity contribution in [2.24, 2.45) is 11.5 Å². The largest absolute Gasteiger partial charge is 0.330 e. The molecule has 0 heterocycles. The summed E-state index contributed by atoms with van der Waals surface area (Å²) in [6.07, 6.45) is 2.06. The van der Waals surface area contributed by atoms with E-state index in [2.05, 4.69) is 31.2 Å². The van der Waals surface area contributed by atoms with Crippen molar-refractivity contribution in [3.8, 4) is 0 Å². The van der Waals surface area contributed by atoms with Gasteiger partial charge in [-0.2, -0.15) is 0 Å². The fourth-order valence-corrected chi connectivity index (χ4v) is 1.80. The van der Waals surface area contributed by atoms with Crippen molar-refractivity contribution in [3.05, 3.63) is 35.4 Å². The van der Waals surface area contributed by atoms with E-state index < -0.39 is 0 Å². The molecule has 0 unspecified atom stereocenters. The number of hydrogen-bond acceptors (Lipinski definition) is 2. The minimum absolute atomic E-state index is 0.532. The zero-order valence-electron chi connectivity index (χ0n) is 8.87. The molecule has 0 fully saturated rings. The first-order chi connectivity index (χ1) is 6.77. The van der Waals surface area contributed by atoms with Crippen molar-refractivity contribution >= 4 is 0 Å². The maximum Gasteiger partial charge on any atom is -0.00714 e. The fraction of sp³-hybridized carbons (Fsp3) is 0.500. The van der Waals surface area contributed by atoms with Crippen LogP contribution in [-0.2, 0) is 0 Å². The monoisotopic (exact) mass is 192 g/mol. The van der Waals surface area contributed by atoms with Crippen LogP contribution < -0.4 is 11.5 Å². The molecule has 1 rings (SSSR count). The number of nitrogens with two attached hydrogens (primary N) is 2. The second-order valence-electron chi connectivity index (χ2n) is 3.77. The summed E-state index contributed by atoms with van der Waals surface area (Å²) in [6.45, 7) is 3.59. The van der Waals surface area contributed by atoms with E-state index in [1.165, 1.54) is 11.1 Å². The zero-order chi connectivity index (χ0) is 10.4. The number of aryl methyl sites for hydroxylation is 1. The predicted molar refractivity (Wildman–Crippen MR) is 61.3 cm³/mol. The highest BCUT2D eigenvalue weighted by atomic mass is 14.5. The first kappa shape index (κ1) is 11.2. The number of benzene rings is 1. The molecular formula is C12H20N2. The van der Waals surface area contributed by atoms with E-state index in [4.69, 9.17) is 11.5 Å². The summed E-state index contributed by atoms with van der Waals surface area (Å²) in [5, 5.41) is 0. The summed E-state index contributed by atoms with van der Waals surface area (Å²) in [5.74, 6) is 0.532. The van der Waals surface area contributed by atoms with E-state index in [0.29, 0.717) is 5.92 Å². The van der Waals surface area contributed by atoms with Crippen LogP contribution in [-0.4, -0.2) is 13.1 Å². The summed E-state index contributed by atoms with van der Waals surface area (Å²) in [4.78, 5) is 0. The van der Waals surface area contributed by atoms with Crippen molar-refractivity contribution < 1.29 is 0 Å². The topological polar surface area (TPSA) is 52.0 Å². The first-order valence-corrected chi connectivity index (χ1v) is 5.24. The summed E-state index contributed by atoms with van der Waals surface area (Å²) in [6, 6.07) is 8.62. The van der Waals surface area contributed by atoms with E-state index in [1.807, 2.05) is 0 Å². The lowest BCUT2D eigenvalue weighted by molar-refractivity contribution is 0.591. The highest BCUT2D eigenvalue weighted by molar-refractivity contribution is 5.25. The molecule has 0 amide bonds. The van der Waals surface area contributed by atoms with Crippen LogP contribution in [0.2, 0.25) is 0 Å². The van der Waals surface area contributed by atoms with Crippen molar-refractivity contribution in [1.29, 1.82) is 0 Å². The highest BCUT2D eigenvalue weighted by Crippen LogP contribution is 2.22. The van der Waals surface area contributed by atoms with Gasteiger partial charge in [-0.3, -0.25) is 0 Å². The predicted octanol–water partition coefficient (Wildman–Crippen LogP) is 1.78. The smallest absolute Gasteiger partial charge is 0.00714 e. The minimum Gasteiger partial charge on any atom is -0.330 e. The number of rotatable bonds is 5. The van der Waals surface area contributed by atoms with Gasteiger partial charge < -0.3 is 11.5 Å². The second-order valence-corrected chi connectivity index (χ2v) is 3.77. The first-order valence-electron chi connectivity index (χ1n) is 5.24. The Morgan fingerprint density at radius 2 is 1.79 bits per heavy atom. The average Bonchev–Trinajstić information content (AvgIpc) is 2.17. The molecule has 0 atom stereocenters. The summed E-state index contributed by atoms with van der Waals surface area (Å²) < 4.78 is 0. The van der Waals surface area contributed by atoms with Crippen molar-refractivity contribution in [2.45, 2.75) is 25.7 Å². The third-order valence-corrected chi connectivity index (χ3v) is 2.54. The van der Waals surface area contributed by atoms with E-state index in [-0.39, 0.29) is 0 Å². The van der Waals surface area contributed by atoms with Crippen molar-refractivity contribution in [3.63, 3.8) is 0 Å². The Morgan fingerprint density at radius 1 is 1.14 bits per heavy atom. The van der Waals surface area contributed by atoms with Crippen LogP contribution in [0, 0.1) is 6.92 Å². The molecule has 78 valence electrons. The highest BCUT2D eigenvalue weighted by Gasteiger charge is 2.09. The Kier molecular flexibility index (Phi) is 4.63. The summed E-state index contributed by atoms with van der Waals surface area (Å²) in [5.41, 5.74) is 13.9. The molecule has 0 aromatic heterocycles. The van der Waals surface area contributed by atoms with Crippen LogP contribution in [0.15, 0.2) is 24.3 Å². The molecule has 2 heteroatoms. The van der Waals surface area contributed by atoms with Gasteiger partial charge in [0, 0.05) is 0 Å². The molecule has 2 nitrogen and oxygen atoms in total. The van der Waals surface area contributed by atoms with Gasteiger partial charge in [0.2, 0.25) is 0 Å². The minimum atomic E-state index is 0.532. The molecule has 1 aromatic rings. The van der Waals surface area contributed by atoms with E-state index in [9.17, 15) is 0 Å². The molecule has 0 radical (unpaired) electrons. The average molecular weight is 192 g/mol. The quantitative estimate of drug-likeness (QED) is 0.747. The Labute approximate surface area is 86.3 Å². The van der Waals surface area contributed by atoms with Gasteiger partial charge in [-0.15, -0.1) is 0 Å². The van der Waals surface area contributed by atoms with Crippen LogP contribution in [0.3, 0.4) is 0 Å². The van der Waals surface area contributed by atoms with Gasteiger partial charge in [-0.25, -0.2) is 0 Å². The van der Waals surface area contributed by atoms with Gasteiger partial charge in [0.05, 0.1) is 0 Å². The molecular weight excluding hydrogens is 172 g/mol. The summed E-state index contributed by atoms with van der Waals surface area (Å²) >= 11 is 0. The molecule has 0 aliphatic heterocycles. The van der Waals surface area contributed by atoms with Gasteiger partial charge in [0.15, 0.2) is 0 Å². The lowest BCUT2D eigenvalue weighted by atomic mass is 9.91. The van der Waals surface area contributed by atoms with Gasteiger partial charge in [0.25, 0.3) is 0 Å². The van der Waals surface area contributed by atoms with E-state index in [0.717, 1.165) is 25.9 Å². The normalized spacial score (nSPS) is 10.9. The van der Waals surface area contributed by atoms with Gasteiger partial charge in [0.1, 0.15) is 0 Å². The molecule has 0 saturated carbocycles. The number of hydrogen-bond donors (Lipinski definition) is 2. The van der Waals surface area contributed by atoms with E-state index in [1.54, 1.807) is 0 Å². The lowest BCUT2D eigenvalue weighted by Gasteiger charge is -2.15. The fourth-order valence-electron chi connectivity index (χ4n) is 1.80. The Hall–Kier alpha value is -0.860. The standard InChI is InChI=1S/C12H20N2/c1-10-3-2-4-12(9-10)11(5-7-13)6-8-14/h2-4,9,11H,5-8,13-14H2,1H3. The van der Waals surface area contributed by atoms with E-state index >= 15 is 0 Å². The van der Waals surface area contributed by atoms with Gasteiger partial charge in [-0.1, -0.05) is 29.8 Å². The maximum atomic E-state index is 5.59. The molecule has 1 aromatic carbocycles. The molecule has 0 aliphatic rings. The molecule has 14 heavy (non-hydrogen) atoms. The SMILES string of the molecule is Cc1cccc(C(CCN)CCN)c1. The third kappa shape index (κ3) is 3.13. The van der Waals surface area contributed by atoms with Gasteiger partial charge in [-0.05, 0) is 44.3 Å². The lowest BCUT2D eigenvalue weighted by Crippen LogP contribution is -2.12. The Morgan fingerprint density at radius 3 is 2.29 bits per heavy atom. The third-order valence-electron chi connectivity index (χ3n) is 2.54. The molecule has 0 bridgehead atoms. The molecule has 4 N–H and O–H groups in total. The molecule has 0 spiro atoms. The maximum absolute atomic E-state index is 5.59. The summed E-state index contributed by atoms with van der Waals surface area (Å²) in [7, 11) is 0. The van der Waals surface area contributed by atoms with Crippen molar-refractivity contribution in [2.75, 3.05) is 13.1 Å². The van der Waals surface area contributed by atoms with Crippen LogP contribution in [0.1, 0.15) is 29.9 Å². The van der Waals surface area contributed by atoms with Crippen LogP contribution in [0.5, 0.6) is 0 Å². The zero-order valence-corrected chi connectivity index (χ0v) is 8.87. The molecule has 0 saturated heterocycles.